The van der Waals surface area contributed by atoms with E-state index in [-0.39, 0.29) is 18.5 Å². The Bertz CT molecular complexity index is 705. The SMILES string of the molecule is Cc1cnc([C@H]2CCCN2C(=O)Cn2cccnc2=O)[nH]1. The van der Waals surface area contributed by atoms with Gasteiger partial charge < -0.3 is 9.88 Å². The Labute approximate surface area is 121 Å². The number of imidazole rings is 1. The predicted octanol–water partition coefficient (Wildman–Crippen LogP) is 0.639. The van der Waals surface area contributed by atoms with Crippen molar-refractivity contribution in [1.29, 1.82) is 0 Å². The molecule has 1 aliphatic rings. The van der Waals surface area contributed by atoms with Gasteiger partial charge in [-0.3, -0.25) is 9.36 Å². The summed E-state index contributed by atoms with van der Waals surface area (Å²) in [4.78, 5) is 37.0. The van der Waals surface area contributed by atoms with Gasteiger partial charge >= 0.3 is 5.69 Å². The highest BCUT2D eigenvalue weighted by Gasteiger charge is 2.31. The fourth-order valence-electron chi connectivity index (χ4n) is 2.70. The van der Waals surface area contributed by atoms with Crippen molar-refractivity contribution in [3.8, 4) is 0 Å². The summed E-state index contributed by atoms with van der Waals surface area (Å²) < 4.78 is 1.32. The number of amides is 1. The molecule has 1 N–H and O–H groups in total. The summed E-state index contributed by atoms with van der Waals surface area (Å²) in [6.45, 7) is 2.65. The van der Waals surface area contributed by atoms with Crippen LogP contribution in [0.3, 0.4) is 0 Å². The van der Waals surface area contributed by atoms with Gasteiger partial charge in [0.05, 0.1) is 6.04 Å². The first kappa shape index (κ1) is 13.5. The van der Waals surface area contributed by atoms with E-state index in [1.807, 2.05) is 6.92 Å². The Morgan fingerprint density at radius 1 is 1.48 bits per heavy atom. The van der Waals surface area contributed by atoms with Crippen molar-refractivity contribution in [3.05, 3.63) is 46.7 Å². The van der Waals surface area contributed by atoms with E-state index >= 15 is 0 Å². The van der Waals surface area contributed by atoms with Gasteiger partial charge in [-0.05, 0) is 25.8 Å². The first-order valence-electron chi connectivity index (χ1n) is 6.97. The van der Waals surface area contributed by atoms with E-state index in [2.05, 4.69) is 15.0 Å². The lowest BCUT2D eigenvalue weighted by atomic mass is 10.2. The molecule has 110 valence electrons. The average molecular weight is 287 g/mol. The highest BCUT2D eigenvalue weighted by atomic mass is 16.2. The number of carbonyl (C=O) groups excluding carboxylic acids is 1. The minimum Gasteiger partial charge on any atom is -0.344 e. The van der Waals surface area contributed by atoms with Crippen LogP contribution in [0, 0.1) is 6.92 Å². The smallest absolute Gasteiger partial charge is 0.344 e. The van der Waals surface area contributed by atoms with Crippen molar-refractivity contribution in [1.82, 2.24) is 24.4 Å². The maximum absolute atomic E-state index is 12.5. The van der Waals surface area contributed by atoms with Crippen LogP contribution in [0.1, 0.15) is 30.4 Å². The molecule has 0 radical (unpaired) electrons. The van der Waals surface area contributed by atoms with Crippen molar-refractivity contribution in [2.45, 2.75) is 32.4 Å². The molecule has 2 aromatic rings. The van der Waals surface area contributed by atoms with Gasteiger partial charge in [0.1, 0.15) is 12.4 Å². The molecule has 1 atom stereocenters. The van der Waals surface area contributed by atoms with Crippen LogP contribution in [0.25, 0.3) is 0 Å². The number of nitrogens with one attached hydrogen (secondary N) is 1. The van der Waals surface area contributed by atoms with Crippen LogP contribution in [0.2, 0.25) is 0 Å². The Morgan fingerprint density at radius 3 is 3.05 bits per heavy atom. The van der Waals surface area contributed by atoms with E-state index in [1.54, 1.807) is 23.4 Å². The zero-order chi connectivity index (χ0) is 14.8. The maximum atomic E-state index is 12.5. The molecule has 21 heavy (non-hydrogen) atoms. The second-order valence-corrected chi connectivity index (χ2v) is 5.23. The van der Waals surface area contributed by atoms with Crippen LogP contribution in [0.4, 0.5) is 0 Å². The molecule has 7 heteroatoms. The third kappa shape index (κ3) is 2.72. The summed E-state index contributed by atoms with van der Waals surface area (Å²) in [5.74, 6) is 0.735. The number of hydrogen-bond donors (Lipinski definition) is 1. The molecular weight excluding hydrogens is 270 g/mol. The second kappa shape index (κ2) is 5.51. The highest BCUT2D eigenvalue weighted by Crippen LogP contribution is 2.30. The molecule has 1 amide bonds. The lowest BCUT2D eigenvalue weighted by Crippen LogP contribution is -2.36. The van der Waals surface area contributed by atoms with Crippen LogP contribution in [-0.2, 0) is 11.3 Å². The fourth-order valence-corrected chi connectivity index (χ4v) is 2.70. The number of H-pyrrole nitrogens is 1. The molecule has 0 spiro atoms. The molecule has 1 saturated heterocycles. The topological polar surface area (TPSA) is 83.9 Å². The largest absolute Gasteiger partial charge is 0.347 e. The number of likely N-dealkylation sites (tertiary alicyclic amines) is 1. The van der Waals surface area contributed by atoms with Crippen molar-refractivity contribution in [2.75, 3.05) is 6.54 Å². The molecule has 2 aromatic heterocycles. The van der Waals surface area contributed by atoms with Crippen LogP contribution < -0.4 is 5.69 Å². The minimum atomic E-state index is -0.407. The first-order chi connectivity index (χ1) is 10.1. The number of hydrogen-bond acceptors (Lipinski definition) is 4. The van der Waals surface area contributed by atoms with Gasteiger partial charge in [0.25, 0.3) is 0 Å². The number of aryl methyl sites for hydroxylation is 1. The third-order valence-electron chi connectivity index (χ3n) is 3.70. The molecule has 0 aromatic carbocycles. The fraction of sp³-hybridized carbons (Fsp3) is 0.429. The average Bonchev–Trinajstić information content (AvgIpc) is 3.09. The molecular formula is C14H17N5O2. The van der Waals surface area contributed by atoms with E-state index < -0.39 is 5.69 Å². The van der Waals surface area contributed by atoms with Gasteiger partial charge in [-0.15, -0.1) is 0 Å². The van der Waals surface area contributed by atoms with Gasteiger partial charge in [-0.2, -0.15) is 0 Å². The van der Waals surface area contributed by atoms with E-state index in [9.17, 15) is 9.59 Å². The molecule has 0 aliphatic carbocycles. The van der Waals surface area contributed by atoms with Crippen LogP contribution in [0.5, 0.6) is 0 Å². The quantitative estimate of drug-likeness (QED) is 0.898. The Morgan fingerprint density at radius 2 is 2.33 bits per heavy atom. The number of aromatic nitrogens is 4. The van der Waals surface area contributed by atoms with E-state index in [0.29, 0.717) is 6.54 Å². The molecule has 0 saturated carbocycles. The first-order valence-corrected chi connectivity index (χ1v) is 6.97. The Balaban J connectivity index is 1.77. The molecule has 3 rings (SSSR count). The Hall–Kier alpha value is -2.44. The molecule has 0 unspecified atom stereocenters. The predicted molar refractivity (Wildman–Crippen MR) is 75.5 cm³/mol. The minimum absolute atomic E-state index is 0.0167. The molecule has 1 aliphatic heterocycles. The number of nitrogens with zero attached hydrogens (tertiary/aromatic N) is 4. The Kier molecular flexibility index (Phi) is 3.55. The zero-order valence-electron chi connectivity index (χ0n) is 11.8. The third-order valence-corrected chi connectivity index (χ3v) is 3.70. The van der Waals surface area contributed by atoms with Gasteiger partial charge in [0, 0.05) is 30.8 Å². The van der Waals surface area contributed by atoms with Crippen LogP contribution in [-0.4, -0.2) is 36.9 Å². The van der Waals surface area contributed by atoms with E-state index in [0.717, 1.165) is 24.4 Å². The summed E-state index contributed by atoms with van der Waals surface area (Å²) in [5, 5.41) is 0. The van der Waals surface area contributed by atoms with E-state index in [1.165, 1.54) is 10.8 Å². The zero-order valence-corrected chi connectivity index (χ0v) is 11.8. The van der Waals surface area contributed by atoms with Gasteiger partial charge in [-0.25, -0.2) is 14.8 Å². The summed E-state index contributed by atoms with van der Waals surface area (Å²) >= 11 is 0. The lowest BCUT2D eigenvalue weighted by Gasteiger charge is -2.23. The normalized spacial score (nSPS) is 18.1. The molecule has 1 fully saturated rings. The lowest BCUT2D eigenvalue weighted by molar-refractivity contribution is -0.133. The number of aromatic amines is 1. The molecule has 7 nitrogen and oxygen atoms in total. The van der Waals surface area contributed by atoms with Gasteiger partial charge in [0.2, 0.25) is 5.91 Å². The second-order valence-electron chi connectivity index (χ2n) is 5.23. The summed E-state index contributed by atoms with van der Waals surface area (Å²) in [7, 11) is 0. The van der Waals surface area contributed by atoms with Crippen molar-refractivity contribution >= 4 is 5.91 Å². The highest BCUT2D eigenvalue weighted by molar-refractivity contribution is 5.76. The summed E-state index contributed by atoms with van der Waals surface area (Å²) in [5.41, 5.74) is 0.572. The van der Waals surface area contributed by atoms with Crippen molar-refractivity contribution < 1.29 is 4.79 Å². The number of carbonyl (C=O) groups is 1. The monoisotopic (exact) mass is 287 g/mol. The number of rotatable bonds is 3. The standard InChI is InChI=1S/C14H17N5O2/c1-10-8-16-13(17-10)11-4-2-7-19(11)12(20)9-18-6-3-5-15-14(18)21/h3,5-6,8,11H,2,4,7,9H2,1H3,(H,16,17)/t11-/m1/s1. The summed E-state index contributed by atoms with van der Waals surface area (Å²) in [6, 6.07) is 1.62. The molecule has 3 heterocycles. The van der Waals surface area contributed by atoms with Crippen molar-refractivity contribution in [2.24, 2.45) is 0 Å². The maximum Gasteiger partial charge on any atom is 0.347 e. The summed E-state index contributed by atoms with van der Waals surface area (Å²) in [6.07, 6.45) is 6.60. The van der Waals surface area contributed by atoms with Crippen LogP contribution in [0.15, 0.2) is 29.5 Å². The molecule has 0 bridgehead atoms. The van der Waals surface area contributed by atoms with Gasteiger partial charge in [0.15, 0.2) is 0 Å². The van der Waals surface area contributed by atoms with Gasteiger partial charge in [-0.1, -0.05) is 0 Å². The van der Waals surface area contributed by atoms with E-state index in [4.69, 9.17) is 0 Å². The van der Waals surface area contributed by atoms with Crippen LogP contribution >= 0.6 is 0 Å². The van der Waals surface area contributed by atoms with Crippen molar-refractivity contribution in [3.63, 3.8) is 0 Å².